The Morgan fingerprint density at radius 1 is 1.04 bits per heavy atom. The lowest BCUT2D eigenvalue weighted by atomic mass is 10.1. The monoisotopic (exact) mass is 387 g/mol. The van der Waals surface area contributed by atoms with E-state index in [1.165, 1.54) is 12.1 Å². The lowest BCUT2D eigenvalue weighted by molar-refractivity contribution is -0.274. The van der Waals surface area contributed by atoms with Crippen LogP contribution in [0, 0.1) is 5.92 Å². The van der Waals surface area contributed by atoms with Crippen LogP contribution in [0.2, 0.25) is 0 Å². The number of nitrogens with zero attached hydrogens (tertiary/aromatic N) is 2. The molecule has 1 aliphatic heterocycles. The molecule has 0 aromatic heterocycles. The molecule has 1 aliphatic rings. The maximum atomic E-state index is 12.4. The molecule has 1 fully saturated rings. The summed E-state index contributed by atoms with van der Waals surface area (Å²) in [4.78, 5) is 28.2. The Morgan fingerprint density at radius 3 is 2.07 bits per heavy atom. The van der Waals surface area contributed by atoms with Crippen LogP contribution in [0.15, 0.2) is 24.3 Å². The molecule has 1 N–H and O–H groups in total. The minimum atomic E-state index is -4.75. The number of hydrogen-bond acceptors (Lipinski definition) is 4. The highest BCUT2D eigenvalue weighted by molar-refractivity contribution is 5.94. The largest absolute Gasteiger partial charge is 0.573 e. The number of benzene rings is 1. The Labute approximate surface area is 156 Å². The van der Waals surface area contributed by atoms with Crippen molar-refractivity contribution in [1.82, 2.24) is 9.80 Å². The lowest BCUT2D eigenvalue weighted by Crippen LogP contribution is -2.54. The van der Waals surface area contributed by atoms with E-state index in [4.69, 9.17) is 0 Å². The van der Waals surface area contributed by atoms with Gasteiger partial charge in [0.1, 0.15) is 5.75 Å². The van der Waals surface area contributed by atoms with Gasteiger partial charge in [0.05, 0.1) is 6.04 Å². The topological polar surface area (TPSA) is 61.9 Å². The van der Waals surface area contributed by atoms with E-state index in [9.17, 15) is 22.8 Å². The van der Waals surface area contributed by atoms with Crippen molar-refractivity contribution in [2.24, 2.45) is 5.92 Å². The molecule has 1 saturated heterocycles. The van der Waals surface area contributed by atoms with E-state index in [2.05, 4.69) is 10.1 Å². The van der Waals surface area contributed by atoms with Gasteiger partial charge in [-0.2, -0.15) is 0 Å². The van der Waals surface area contributed by atoms with Crippen LogP contribution in [0.4, 0.5) is 18.9 Å². The number of amides is 2. The minimum Gasteiger partial charge on any atom is -0.406 e. The van der Waals surface area contributed by atoms with Crippen LogP contribution in [-0.4, -0.2) is 60.2 Å². The average molecular weight is 387 g/mol. The van der Waals surface area contributed by atoms with Crippen molar-refractivity contribution >= 4 is 17.5 Å². The first-order valence-corrected chi connectivity index (χ1v) is 8.76. The Hall–Kier alpha value is -2.29. The molecule has 2 rings (SSSR count). The van der Waals surface area contributed by atoms with Crippen molar-refractivity contribution in [2.75, 3.05) is 31.5 Å². The first-order valence-electron chi connectivity index (χ1n) is 8.76. The predicted octanol–water partition coefficient (Wildman–Crippen LogP) is 2.71. The normalized spacial score (nSPS) is 16.9. The molecule has 0 spiro atoms. The SMILES string of the molecule is CC(C)C(=O)N1CCN([C@@H](C)C(=O)Nc2ccc(OC(F)(F)F)cc2)CC1. The second kappa shape index (κ2) is 8.60. The maximum absolute atomic E-state index is 12.4. The molecule has 6 nitrogen and oxygen atoms in total. The molecule has 0 saturated carbocycles. The van der Waals surface area contributed by atoms with E-state index in [0.29, 0.717) is 31.9 Å². The van der Waals surface area contributed by atoms with Crippen LogP contribution < -0.4 is 10.1 Å². The van der Waals surface area contributed by atoms with Gasteiger partial charge in [-0.15, -0.1) is 13.2 Å². The summed E-state index contributed by atoms with van der Waals surface area (Å²) < 4.78 is 40.3. The van der Waals surface area contributed by atoms with Gasteiger partial charge >= 0.3 is 6.36 Å². The number of halogens is 3. The highest BCUT2D eigenvalue weighted by Gasteiger charge is 2.31. The van der Waals surface area contributed by atoms with Crippen molar-refractivity contribution in [3.63, 3.8) is 0 Å². The van der Waals surface area contributed by atoms with Crippen molar-refractivity contribution in [3.8, 4) is 5.75 Å². The quantitative estimate of drug-likeness (QED) is 0.844. The predicted molar refractivity (Wildman–Crippen MR) is 94.2 cm³/mol. The molecule has 0 radical (unpaired) electrons. The summed E-state index contributed by atoms with van der Waals surface area (Å²) in [5.41, 5.74) is 0.384. The number of nitrogens with one attached hydrogen (secondary N) is 1. The van der Waals surface area contributed by atoms with Gasteiger partial charge in [-0.25, -0.2) is 0 Å². The Balaban J connectivity index is 1.86. The molecule has 1 aromatic rings. The molecule has 1 heterocycles. The molecule has 0 bridgehead atoms. The zero-order valence-corrected chi connectivity index (χ0v) is 15.5. The van der Waals surface area contributed by atoms with Crippen molar-refractivity contribution in [2.45, 2.75) is 33.2 Å². The second-order valence-electron chi connectivity index (χ2n) is 6.75. The molecular weight excluding hydrogens is 363 g/mol. The van der Waals surface area contributed by atoms with Gasteiger partial charge in [-0.05, 0) is 31.2 Å². The summed E-state index contributed by atoms with van der Waals surface area (Å²) in [6.07, 6.45) is -4.75. The van der Waals surface area contributed by atoms with Gasteiger partial charge < -0.3 is 15.0 Å². The van der Waals surface area contributed by atoms with E-state index < -0.39 is 12.4 Å². The number of rotatable bonds is 5. The van der Waals surface area contributed by atoms with Gasteiger partial charge in [-0.3, -0.25) is 14.5 Å². The summed E-state index contributed by atoms with van der Waals surface area (Å²) in [6, 6.07) is 4.57. The first-order chi connectivity index (χ1) is 12.6. The van der Waals surface area contributed by atoms with Gasteiger partial charge in [0, 0.05) is 37.8 Å². The molecule has 0 aliphatic carbocycles. The van der Waals surface area contributed by atoms with Crippen LogP contribution in [0.3, 0.4) is 0 Å². The van der Waals surface area contributed by atoms with E-state index in [-0.39, 0.29) is 23.5 Å². The van der Waals surface area contributed by atoms with Crippen LogP contribution >= 0.6 is 0 Å². The van der Waals surface area contributed by atoms with E-state index >= 15 is 0 Å². The number of piperazine rings is 1. The third-order valence-electron chi connectivity index (χ3n) is 4.40. The Morgan fingerprint density at radius 2 is 1.59 bits per heavy atom. The fourth-order valence-electron chi connectivity index (χ4n) is 2.85. The molecule has 27 heavy (non-hydrogen) atoms. The molecule has 150 valence electrons. The molecule has 1 atom stereocenters. The second-order valence-corrected chi connectivity index (χ2v) is 6.75. The lowest BCUT2D eigenvalue weighted by Gasteiger charge is -2.38. The molecule has 0 unspecified atom stereocenters. The summed E-state index contributed by atoms with van der Waals surface area (Å²) in [7, 11) is 0. The van der Waals surface area contributed by atoms with Crippen LogP contribution in [0.5, 0.6) is 5.75 Å². The minimum absolute atomic E-state index is 0.0541. The Kier molecular flexibility index (Phi) is 6.69. The number of ether oxygens (including phenoxy) is 1. The maximum Gasteiger partial charge on any atom is 0.573 e. The smallest absolute Gasteiger partial charge is 0.406 e. The number of anilines is 1. The number of alkyl halides is 3. The third kappa shape index (κ3) is 6.13. The standard InChI is InChI=1S/C18H24F3N3O3/c1-12(2)17(26)24-10-8-23(9-11-24)13(3)16(25)22-14-4-6-15(7-5-14)27-18(19,20)21/h4-7,12-13H,8-11H2,1-3H3,(H,22,25)/t13-/m0/s1. The average Bonchev–Trinajstić information content (AvgIpc) is 2.61. The van der Waals surface area contributed by atoms with Gasteiger partial charge in [0.15, 0.2) is 0 Å². The van der Waals surface area contributed by atoms with E-state index in [1.807, 2.05) is 18.7 Å². The van der Waals surface area contributed by atoms with Crippen LogP contribution in [0.1, 0.15) is 20.8 Å². The van der Waals surface area contributed by atoms with Gasteiger partial charge in [0.25, 0.3) is 0 Å². The van der Waals surface area contributed by atoms with Crippen molar-refractivity contribution in [1.29, 1.82) is 0 Å². The number of carbonyl (C=O) groups is 2. The summed E-state index contributed by atoms with van der Waals surface area (Å²) >= 11 is 0. The zero-order chi connectivity index (χ0) is 20.2. The van der Waals surface area contributed by atoms with E-state index in [0.717, 1.165) is 12.1 Å². The van der Waals surface area contributed by atoms with Crippen LogP contribution in [-0.2, 0) is 9.59 Å². The fraction of sp³-hybridized carbons (Fsp3) is 0.556. The number of hydrogen-bond donors (Lipinski definition) is 1. The third-order valence-corrected chi connectivity index (χ3v) is 4.40. The molecule has 2 amide bonds. The Bertz CT molecular complexity index is 654. The summed E-state index contributed by atoms with van der Waals surface area (Å²) in [5.74, 6) is -0.558. The van der Waals surface area contributed by atoms with Gasteiger partial charge in [0.2, 0.25) is 11.8 Å². The van der Waals surface area contributed by atoms with Crippen molar-refractivity contribution < 1.29 is 27.5 Å². The molecule has 1 aromatic carbocycles. The highest BCUT2D eigenvalue weighted by atomic mass is 19.4. The zero-order valence-electron chi connectivity index (χ0n) is 15.5. The molecule has 9 heteroatoms. The van der Waals surface area contributed by atoms with E-state index in [1.54, 1.807) is 11.8 Å². The van der Waals surface area contributed by atoms with Gasteiger partial charge in [-0.1, -0.05) is 13.8 Å². The summed E-state index contributed by atoms with van der Waals surface area (Å²) in [6.45, 7) is 7.79. The first kappa shape index (κ1) is 21.0. The van der Waals surface area contributed by atoms with Crippen LogP contribution in [0.25, 0.3) is 0 Å². The van der Waals surface area contributed by atoms with Crippen molar-refractivity contribution in [3.05, 3.63) is 24.3 Å². The summed E-state index contributed by atoms with van der Waals surface area (Å²) in [5, 5.41) is 2.68. The number of carbonyl (C=O) groups excluding carboxylic acids is 2. The highest BCUT2D eigenvalue weighted by Crippen LogP contribution is 2.24. The molecular formula is C18H24F3N3O3. The fourth-order valence-corrected chi connectivity index (χ4v) is 2.85.